The highest BCUT2D eigenvalue weighted by atomic mass is 16.4. The molecule has 2 aromatic carbocycles. The summed E-state index contributed by atoms with van der Waals surface area (Å²) < 4.78 is 0. The van der Waals surface area contributed by atoms with Gasteiger partial charge in [-0.2, -0.15) is 0 Å². The van der Waals surface area contributed by atoms with E-state index in [9.17, 15) is 43.5 Å². The van der Waals surface area contributed by atoms with Crippen LogP contribution >= 0.6 is 0 Å². The number of aromatic nitrogens is 1. The Morgan fingerprint density at radius 3 is 1.99 bits per heavy atom. The van der Waals surface area contributed by atoms with Crippen molar-refractivity contribution in [2.45, 2.75) is 134 Å². The fourth-order valence-corrected chi connectivity index (χ4v) is 8.60. The molecule has 0 bridgehead atoms. The molecule has 74 heavy (non-hydrogen) atoms. The quantitative estimate of drug-likeness (QED) is 0.0256. The maximum atomic E-state index is 14.7. The molecule has 7 amide bonds. The molecule has 0 radical (unpaired) electrons. The van der Waals surface area contributed by atoms with Crippen molar-refractivity contribution in [1.29, 1.82) is 0 Å². The first-order chi connectivity index (χ1) is 35.3. The van der Waals surface area contributed by atoms with Crippen molar-refractivity contribution in [1.82, 2.24) is 41.4 Å². The number of carbonyl (C=O) groups excluding carboxylic acids is 7. The number of amides is 7. The summed E-state index contributed by atoms with van der Waals surface area (Å²) in [7, 11) is 1.47. The molecule has 0 spiro atoms. The molecule has 0 saturated carbocycles. The predicted molar refractivity (Wildman–Crippen MR) is 276 cm³/mol. The average Bonchev–Trinajstić information content (AvgIpc) is 3.87. The fourth-order valence-electron chi connectivity index (χ4n) is 8.60. The Labute approximate surface area is 432 Å². The lowest BCUT2D eigenvalue weighted by molar-refractivity contribution is -0.144. The highest BCUT2D eigenvalue weighted by Crippen LogP contribution is 2.22. The van der Waals surface area contributed by atoms with Gasteiger partial charge < -0.3 is 63.8 Å². The van der Waals surface area contributed by atoms with Crippen LogP contribution in [0.15, 0.2) is 84.1 Å². The van der Waals surface area contributed by atoms with Gasteiger partial charge in [-0.05, 0) is 91.8 Å². The number of aliphatic carboxylic acids is 1. The molecule has 1 aliphatic heterocycles. The Kier molecular flexibility index (Phi) is 23.7. The number of benzene rings is 2. The van der Waals surface area contributed by atoms with Gasteiger partial charge >= 0.3 is 5.97 Å². The number of aliphatic imine (C=N–C) groups is 1. The van der Waals surface area contributed by atoms with E-state index < -0.39 is 96.2 Å². The first-order valence-corrected chi connectivity index (χ1v) is 25.1. The summed E-state index contributed by atoms with van der Waals surface area (Å²) >= 11 is 0. The predicted octanol–water partition coefficient (Wildman–Crippen LogP) is 0.390. The topological polar surface area (TPSA) is 347 Å². The zero-order chi connectivity index (χ0) is 54.3. The molecule has 22 nitrogen and oxygen atoms in total. The van der Waals surface area contributed by atoms with Gasteiger partial charge in [0, 0.05) is 45.4 Å². The molecule has 0 aliphatic carbocycles. The maximum absolute atomic E-state index is 14.7. The van der Waals surface area contributed by atoms with E-state index in [1.54, 1.807) is 36.4 Å². The van der Waals surface area contributed by atoms with E-state index in [2.05, 4.69) is 36.6 Å². The number of guanidine groups is 1. The number of phenolic OH excluding ortho intramolecular Hbond substituents is 1. The molecule has 7 atom stereocenters. The molecule has 1 saturated heterocycles. The van der Waals surface area contributed by atoms with E-state index >= 15 is 0 Å². The Morgan fingerprint density at radius 1 is 0.757 bits per heavy atom. The van der Waals surface area contributed by atoms with Crippen LogP contribution in [0.4, 0.5) is 0 Å². The van der Waals surface area contributed by atoms with Crippen molar-refractivity contribution in [3.8, 4) is 5.75 Å². The smallest absolute Gasteiger partial charge is 0.322 e. The second-order valence-electron chi connectivity index (χ2n) is 19.0. The number of hydrogen-bond donors (Lipinski definition) is 10. The second kappa shape index (κ2) is 29.8. The number of hydrogen-bond acceptors (Lipinski definition) is 12. The number of carbonyl (C=O) groups is 8. The molecular formula is C52H74N12O10. The zero-order valence-electron chi connectivity index (χ0n) is 42.7. The van der Waals surface area contributed by atoms with E-state index in [-0.39, 0.29) is 82.1 Å². The number of carboxylic acids is 1. The van der Waals surface area contributed by atoms with Gasteiger partial charge in [0.15, 0.2) is 5.96 Å². The van der Waals surface area contributed by atoms with Gasteiger partial charge in [0.25, 0.3) is 0 Å². The van der Waals surface area contributed by atoms with E-state index in [0.717, 1.165) is 5.56 Å². The summed E-state index contributed by atoms with van der Waals surface area (Å²) in [5.41, 5.74) is 19.3. The first-order valence-electron chi connectivity index (χ1n) is 25.1. The molecule has 1 fully saturated rings. The highest BCUT2D eigenvalue weighted by Gasteiger charge is 2.40. The monoisotopic (exact) mass is 1030 g/mol. The molecule has 0 unspecified atom stereocenters. The molecule has 2 heterocycles. The standard InChI is InChI=1S/C52H74N12O10/c1-5-6-14-39(60-49(72)43(27-32(2)3)63(4)50(73)40(29-33-12-8-7-9-13-33)61-45(68)37(53)28-34-17-19-36(65)20-18-34)47(70)62-41(30-35-21-24-56-25-22-35)51(74)64-26-11-16-42(64)48(71)59-38(15-10-23-57-52(54)55)46(69)58-31-44(66)67/h7-9,12-13,17-22,24-25,32,37-43,65H,5-6,10-11,14-16,23,26-31,53H2,1-4H3,(H,58,69)(H,59,71)(H,60,72)(H,61,68)(H,62,70)(H,66,67)(H4,54,55,57)/t37-,38-,39-,40-,41-,42-,43-/m0/s1. The third-order valence-corrected chi connectivity index (χ3v) is 12.6. The lowest BCUT2D eigenvalue weighted by Gasteiger charge is -2.34. The van der Waals surface area contributed by atoms with E-state index in [1.807, 2.05) is 39.0 Å². The molecule has 1 aliphatic rings. The Morgan fingerprint density at radius 2 is 1.35 bits per heavy atom. The van der Waals surface area contributed by atoms with Crippen LogP contribution in [-0.4, -0.2) is 147 Å². The number of carboxylic acid groups (broad SMARTS) is 1. The maximum Gasteiger partial charge on any atom is 0.322 e. The highest BCUT2D eigenvalue weighted by molar-refractivity contribution is 5.98. The summed E-state index contributed by atoms with van der Waals surface area (Å²) in [6.45, 7) is 5.27. The van der Waals surface area contributed by atoms with Crippen molar-refractivity contribution in [2.24, 2.45) is 28.1 Å². The van der Waals surface area contributed by atoms with Gasteiger partial charge in [-0.15, -0.1) is 0 Å². The normalized spacial score (nSPS) is 15.5. The van der Waals surface area contributed by atoms with Gasteiger partial charge in [0.05, 0.1) is 6.04 Å². The van der Waals surface area contributed by atoms with Crippen LogP contribution < -0.4 is 43.8 Å². The molecule has 402 valence electrons. The van der Waals surface area contributed by atoms with Crippen LogP contribution in [0.5, 0.6) is 5.75 Å². The summed E-state index contributed by atoms with van der Waals surface area (Å²) in [6, 6.07) is 10.7. The van der Waals surface area contributed by atoms with Crippen LogP contribution in [0.1, 0.15) is 88.8 Å². The Hall–Kier alpha value is -7.62. The molecular weight excluding hydrogens is 953 g/mol. The van der Waals surface area contributed by atoms with E-state index in [4.69, 9.17) is 22.3 Å². The van der Waals surface area contributed by atoms with Gasteiger partial charge in [0.2, 0.25) is 41.4 Å². The van der Waals surface area contributed by atoms with E-state index in [0.29, 0.717) is 30.4 Å². The number of nitrogens with zero attached hydrogens (tertiary/aromatic N) is 4. The minimum Gasteiger partial charge on any atom is -0.508 e. The lowest BCUT2D eigenvalue weighted by Crippen LogP contribution is -2.60. The van der Waals surface area contributed by atoms with Crippen LogP contribution in [0.3, 0.4) is 0 Å². The number of likely N-dealkylation sites (tertiary alicyclic amines) is 1. The Bertz CT molecular complexity index is 2370. The summed E-state index contributed by atoms with van der Waals surface area (Å²) in [6.07, 6.45) is 5.71. The van der Waals surface area contributed by atoms with Crippen molar-refractivity contribution in [3.05, 3.63) is 95.8 Å². The van der Waals surface area contributed by atoms with Gasteiger partial charge in [-0.1, -0.05) is 76.1 Å². The minimum absolute atomic E-state index is 0.0161. The zero-order valence-corrected chi connectivity index (χ0v) is 42.7. The number of unbranched alkanes of at least 4 members (excludes halogenated alkanes) is 1. The third-order valence-electron chi connectivity index (χ3n) is 12.6. The summed E-state index contributed by atoms with van der Waals surface area (Å²) in [5.74, 6) is -5.99. The number of likely N-dealkylation sites (N-methyl/N-ethyl adjacent to an activating group) is 1. The Balaban J connectivity index is 1.58. The van der Waals surface area contributed by atoms with Crippen molar-refractivity contribution >= 4 is 53.3 Å². The van der Waals surface area contributed by atoms with Crippen LogP contribution in [0.2, 0.25) is 0 Å². The molecule has 22 heteroatoms. The van der Waals surface area contributed by atoms with Gasteiger partial charge in [-0.3, -0.25) is 48.3 Å². The number of nitrogens with one attached hydrogen (secondary N) is 5. The van der Waals surface area contributed by atoms with E-state index in [1.165, 1.54) is 41.4 Å². The SMILES string of the molecule is CCCC[C@H](NC(=O)[C@H](CC(C)C)N(C)C(=O)[C@H](Cc1ccccc1)NC(=O)[C@@H](N)Cc1ccc(O)cc1)C(=O)N[C@@H](Cc1ccncc1)C(=O)N1CCC[C@H]1C(=O)N[C@@H](CCCN=C(N)N)C(=O)NCC(=O)O. The molecule has 3 aromatic rings. The van der Waals surface area contributed by atoms with Crippen molar-refractivity contribution < 1.29 is 48.6 Å². The van der Waals surface area contributed by atoms with Crippen molar-refractivity contribution in [3.63, 3.8) is 0 Å². The van der Waals surface area contributed by atoms with Crippen LogP contribution in [0, 0.1) is 5.92 Å². The average molecular weight is 1030 g/mol. The third kappa shape index (κ3) is 19.1. The first kappa shape index (κ1) is 58.9. The number of phenols is 1. The van der Waals surface area contributed by atoms with Gasteiger partial charge in [-0.25, -0.2) is 0 Å². The number of pyridine rings is 1. The number of rotatable bonds is 29. The lowest BCUT2D eigenvalue weighted by atomic mass is 9.98. The van der Waals surface area contributed by atoms with Gasteiger partial charge in [0.1, 0.15) is 48.5 Å². The second-order valence-corrected chi connectivity index (χ2v) is 19.0. The van der Waals surface area contributed by atoms with Crippen LogP contribution in [-0.2, 0) is 57.6 Å². The molecule has 1 aromatic heterocycles. The number of aromatic hydroxyl groups is 1. The van der Waals surface area contributed by atoms with Crippen LogP contribution in [0.25, 0.3) is 0 Å². The summed E-state index contributed by atoms with van der Waals surface area (Å²) in [4.78, 5) is 121. The fraction of sp³-hybridized carbons (Fsp3) is 0.500. The number of nitrogens with two attached hydrogens (primary N) is 3. The largest absolute Gasteiger partial charge is 0.508 e. The molecule has 13 N–H and O–H groups in total. The summed E-state index contributed by atoms with van der Waals surface area (Å²) in [5, 5.41) is 32.4. The minimum atomic E-state index is -1.29. The van der Waals surface area contributed by atoms with Crippen molar-refractivity contribution in [2.75, 3.05) is 26.7 Å². The molecule has 4 rings (SSSR count).